The lowest BCUT2D eigenvalue weighted by molar-refractivity contribution is -0.276. The van der Waals surface area contributed by atoms with Crippen molar-refractivity contribution in [3.05, 3.63) is 0 Å². The van der Waals surface area contributed by atoms with E-state index in [-0.39, 0.29) is 6.42 Å². The summed E-state index contributed by atoms with van der Waals surface area (Å²) in [5, 5.41) is 9.08. The summed E-state index contributed by atoms with van der Waals surface area (Å²) in [6.07, 6.45) is -0.204. The quantitative estimate of drug-likeness (QED) is 0.370. The highest BCUT2D eigenvalue weighted by atomic mass is 31.2. The molecule has 12 heavy (non-hydrogen) atoms. The van der Waals surface area contributed by atoms with Gasteiger partial charge in [-0.25, -0.2) is 0 Å². The molecule has 0 bridgehead atoms. The molecule has 2 unspecified atom stereocenters. The molecule has 0 aromatic rings. The van der Waals surface area contributed by atoms with Gasteiger partial charge in [-0.1, -0.05) is 6.92 Å². The molecular formula is C3H10O7P2. The minimum Gasteiger partial charge on any atom is -0.343 e. The second-order valence-corrected chi connectivity index (χ2v) is 3.20. The fourth-order valence-corrected chi connectivity index (χ4v) is 1.37. The van der Waals surface area contributed by atoms with E-state index in [9.17, 15) is 4.57 Å². The molecule has 0 aliphatic rings. The summed E-state index contributed by atoms with van der Waals surface area (Å²) in [4.78, 5) is 24.9. The Morgan fingerprint density at radius 2 is 2.08 bits per heavy atom. The predicted octanol–water partition coefficient (Wildman–Crippen LogP) is -0.331. The molecule has 0 amide bonds. The van der Waals surface area contributed by atoms with Crippen LogP contribution < -0.4 is 0 Å². The van der Waals surface area contributed by atoms with Gasteiger partial charge in [0.2, 0.25) is 0 Å². The Labute approximate surface area is 70.5 Å². The Hall–Kier alpha value is 0.420. The molecule has 0 aromatic carbocycles. The van der Waals surface area contributed by atoms with Gasteiger partial charge in [0.15, 0.2) is 0 Å². The SMILES string of the molecule is CCC(O)(OP(O)O)O[PH](=O)O. The van der Waals surface area contributed by atoms with Crippen LogP contribution in [0.3, 0.4) is 0 Å². The maximum absolute atomic E-state index is 10.1. The topological polar surface area (TPSA) is 116 Å². The van der Waals surface area contributed by atoms with Gasteiger partial charge in [0.1, 0.15) is 0 Å². The van der Waals surface area contributed by atoms with Crippen LogP contribution in [0, 0.1) is 0 Å². The summed E-state index contributed by atoms with van der Waals surface area (Å²) in [6, 6.07) is 0. The van der Waals surface area contributed by atoms with E-state index in [0.717, 1.165) is 0 Å². The van der Waals surface area contributed by atoms with Crippen LogP contribution >= 0.6 is 16.9 Å². The first-order chi connectivity index (χ1) is 5.39. The zero-order valence-corrected chi connectivity index (χ0v) is 8.06. The van der Waals surface area contributed by atoms with Gasteiger partial charge in [0, 0.05) is 6.42 Å². The van der Waals surface area contributed by atoms with E-state index in [1.807, 2.05) is 0 Å². The van der Waals surface area contributed by atoms with Crippen molar-refractivity contribution in [2.24, 2.45) is 0 Å². The lowest BCUT2D eigenvalue weighted by atomic mass is 10.4. The summed E-state index contributed by atoms with van der Waals surface area (Å²) < 4.78 is 18.2. The molecule has 9 heteroatoms. The molecule has 2 atom stereocenters. The number of aliphatic hydroxyl groups is 1. The van der Waals surface area contributed by atoms with Crippen molar-refractivity contribution in [1.29, 1.82) is 0 Å². The van der Waals surface area contributed by atoms with Gasteiger partial charge in [-0.3, -0.25) is 13.6 Å². The third-order valence-electron chi connectivity index (χ3n) is 0.918. The molecule has 0 rings (SSSR count). The second kappa shape index (κ2) is 5.21. The molecular weight excluding hydrogens is 210 g/mol. The Morgan fingerprint density at radius 1 is 1.58 bits per heavy atom. The molecule has 74 valence electrons. The Morgan fingerprint density at radius 3 is 2.33 bits per heavy atom. The molecule has 0 fully saturated rings. The number of hydrogen-bond acceptors (Lipinski definition) is 6. The molecule has 0 saturated carbocycles. The molecule has 0 heterocycles. The summed E-state index contributed by atoms with van der Waals surface area (Å²) in [7, 11) is -6.22. The maximum atomic E-state index is 10.1. The van der Waals surface area contributed by atoms with Gasteiger partial charge in [0.05, 0.1) is 0 Å². The molecule has 0 aliphatic carbocycles. The van der Waals surface area contributed by atoms with E-state index in [1.54, 1.807) is 0 Å². The van der Waals surface area contributed by atoms with Crippen LogP contribution in [0.5, 0.6) is 0 Å². The van der Waals surface area contributed by atoms with Gasteiger partial charge in [-0.05, 0) is 0 Å². The van der Waals surface area contributed by atoms with Gasteiger partial charge < -0.3 is 19.8 Å². The van der Waals surface area contributed by atoms with E-state index in [2.05, 4.69) is 9.05 Å². The van der Waals surface area contributed by atoms with E-state index in [1.165, 1.54) is 6.92 Å². The molecule has 0 radical (unpaired) electrons. The van der Waals surface area contributed by atoms with Crippen molar-refractivity contribution in [3.63, 3.8) is 0 Å². The fourth-order valence-electron chi connectivity index (χ4n) is 0.419. The van der Waals surface area contributed by atoms with Crippen LogP contribution in [0.4, 0.5) is 0 Å². The first kappa shape index (κ1) is 12.4. The standard InChI is InChI=1S/C3H10O7P2/c1-2-3(4,9-11(5)6)10-12(7)8/h4-6,12H,2H2,1H3,(H,7,8). The van der Waals surface area contributed by atoms with Crippen molar-refractivity contribution in [2.75, 3.05) is 0 Å². The lowest BCUT2D eigenvalue weighted by Gasteiger charge is -2.24. The van der Waals surface area contributed by atoms with Crippen LogP contribution in [0.2, 0.25) is 0 Å². The number of rotatable bonds is 5. The Balaban J connectivity index is 4.13. The van der Waals surface area contributed by atoms with E-state index in [0.29, 0.717) is 0 Å². The van der Waals surface area contributed by atoms with Crippen LogP contribution in [-0.4, -0.2) is 25.8 Å². The zero-order chi connectivity index (χ0) is 9.78. The van der Waals surface area contributed by atoms with Crippen molar-refractivity contribution in [1.82, 2.24) is 0 Å². The van der Waals surface area contributed by atoms with Crippen LogP contribution in [0.25, 0.3) is 0 Å². The average Bonchev–Trinajstić information content (AvgIpc) is 1.83. The van der Waals surface area contributed by atoms with Crippen molar-refractivity contribution in [2.45, 2.75) is 19.3 Å². The fraction of sp³-hybridized carbons (Fsp3) is 1.00. The average molecular weight is 220 g/mol. The predicted molar refractivity (Wildman–Crippen MR) is 40.0 cm³/mol. The largest absolute Gasteiger partial charge is 0.343 e. The van der Waals surface area contributed by atoms with Crippen molar-refractivity contribution in [3.8, 4) is 0 Å². The highest BCUT2D eigenvalue weighted by molar-refractivity contribution is 7.39. The minimum atomic E-state index is -3.39. The Kier molecular flexibility index (Phi) is 5.40. The smallest absolute Gasteiger partial charge is 0.331 e. The lowest BCUT2D eigenvalue weighted by Crippen LogP contribution is -2.30. The summed E-state index contributed by atoms with van der Waals surface area (Å²) >= 11 is 0. The molecule has 0 spiro atoms. The zero-order valence-electron chi connectivity index (χ0n) is 6.17. The molecule has 4 N–H and O–H groups in total. The van der Waals surface area contributed by atoms with Crippen molar-refractivity contribution >= 4 is 16.9 Å². The normalized spacial score (nSPS) is 19.2. The first-order valence-corrected chi connectivity index (χ1v) is 5.34. The molecule has 0 aliphatic heterocycles. The van der Waals surface area contributed by atoms with Crippen molar-refractivity contribution < 1.29 is 33.4 Å². The van der Waals surface area contributed by atoms with Crippen LogP contribution in [-0.2, 0) is 13.6 Å². The molecule has 0 saturated heterocycles. The molecule has 7 nitrogen and oxygen atoms in total. The van der Waals surface area contributed by atoms with E-state index < -0.39 is 22.8 Å². The van der Waals surface area contributed by atoms with Gasteiger partial charge in [-0.2, -0.15) is 0 Å². The Bertz CT molecular complexity index is 161. The number of hydrogen-bond donors (Lipinski definition) is 4. The van der Waals surface area contributed by atoms with E-state index >= 15 is 0 Å². The summed E-state index contributed by atoms with van der Waals surface area (Å²) in [5.74, 6) is -2.40. The summed E-state index contributed by atoms with van der Waals surface area (Å²) in [5.41, 5.74) is 0. The van der Waals surface area contributed by atoms with Crippen LogP contribution in [0.1, 0.15) is 13.3 Å². The van der Waals surface area contributed by atoms with Gasteiger partial charge in [0.25, 0.3) is 5.97 Å². The third kappa shape index (κ3) is 5.13. The molecule has 0 aromatic heterocycles. The third-order valence-corrected chi connectivity index (χ3v) is 1.86. The van der Waals surface area contributed by atoms with Gasteiger partial charge in [-0.15, -0.1) is 0 Å². The monoisotopic (exact) mass is 220 g/mol. The second-order valence-electron chi connectivity index (χ2n) is 1.78. The van der Waals surface area contributed by atoms with Gasteiger partial charge >= 0.3 is 16.9 Å². The highest BCUT2D eigenvalue weighted by Gasteiger charge is 2.32. The van der Waals surface area contributed by atoms with E-state index in [4.69, 9.17) is 19.8 Å². The summed E-state index contributed by atoms with van der Waals surface area (Å²) in [6.45, 7) is 1.38. The maximum Gasteiger partial charge on any atom is 0.331 e. The first-order valence-electron chi connectivity index (χ1n) is 2.91. The van der Waals surface area contributed by atoms with Crippen LogP contribution in [0.15, 0.2) is 0 Å². The minimum absolute atomic E-state index is 0.204. The highest BCUT2D eigenvalue weighted by Crippen LogP contribution is 2.37.